The van der Waals surface area contributed by atoms with E-state index in [9.17, 15) is 4.79 Å². The zero-order valence-corrected chi connectivity index (χ0v) is 14.1. The van der Waals surface area contributed by atoms with Crippen LogP contribution in [-0.4, -0.2) is 40.1 Å². The van der Waals surface area contributed by atoms with Crippen LogP contribution in [0.3, 0.4) is 0 Å². The normalized spacial score (nSPS) is 12.5. The second-order valence-electron chi connectivity index (χ2n) is 5.36. The SMILES string of the molecule is CC(C)O[Si](CCCNC=O)(OC(C)C)OC(C)C. The van der Waals surface area contributed by atoms with Crippen molar-refractivity contribution in [1.82, 2.24) is 5.32 Å². The number of hydrogen-bond donors (Lipinski definition) is 1. The van der Waals surface area contributed by atoms with Crippen LogP contribution in [0.2, 0.25) is 6.04 Å². The molecule has 1 N–H and O–H groups in total. The molecule has 0 rings (SSSR count). The highest BCUT2D eigenvalue weighted by Crippen LogP contribution is 2.23. The van der Waals surface area contributed by atoms with Gasteiger partial charge in [0, 0.05) is 30.9 Å². The molecule has 0 aromatic heterocycles. The summed E-state index contributed by atoms with van der Waals surface area (Å²) >= 11 is 0. The van der Waals surface area contributed by atoms with Crippen molar-refractivity contribution in [3.63, 3.8) is 0 Å². The molecule has 0 aromatic rings. The monoisotopic (exact) mass is 291 g/mol. The molecular formula is C13H29NO4Si. The molecule has 0 aliphatic carbocycles. The Labute approximate surface area is 118 Å². The van der Waals surface area contributed by atoms with Crippen molar-refractivity contribution in [1.29, 1.82) is 0 Å². The van der Waals surface area contributed by atoms with Gasteiger partial charge in [-0.15, -0.1) is 0 Å². The minimum absolute atomic E-state index is 0.0585. The molecule has 114 valence electrons. The largest absolute Gasteiger partial charge is 0.501 e. The first-order valence-corrected chi connectivity index (χ1v) is 8.95. The van der Waals surface area contributed by atoms with E-state index in [0.29, 0.717) is 19.0 Å². The van der Waals surface area contributed by atoms with E-state index in [2.05, 4.69) is 5.32 Å². The van der Waals surface area contributed by atoms with Crippen LogP contribution in [0.4, 0.5) is 0 Å². The first-order chi connectivity index (χ1) is 8.81. The molecule has 19 heavy (non-hydrogen) atoms. The van der Waals surface area contributed by atoms with Crippen molar-refractivity contribution in [3.05, 3.63) is 0 Å². The molecule has 6 heteroatoms. The minimum atomic E-state index is -2.69. The Hall–Kier alpha value is -0.433. The van der Waals surface area contributed by atoms with E-state index in [1.54, 1.807) is 0 Å². The summed E-state index contributed by atoms with van der Waals surface area (Å²) in [4.78, 5) is 10.3. The topological polar surface area (TPSA) is 56.8 Å². The third-order valence-corrected chi connectivity index (χ3v) is 5.59. The highest BCUT2D eigenvalue weighted by Gasteiger charge is 2.43. The molecule has 0 unspecified atom stereocenters. The van der Waals surface area contributed by atoms with Crippen LogP contribution in [0.15, 0.2) is 0 Å². The van der Waals surface area contributed by atoms with E-state index in [0.717, 1.165) is 6.42 Å². The molecule has 0 aliphatic rings. The van der Waals surface area contributed by atoms with Crippen molar-refractivity contribution < 1.29 is 18.1 Å². The molecule has 0 atom stereocenters. The van der Waals surface area contributed by atoms with Crippen LogP contribution in [0.5, 0.6) is 0 Å². The second-order valence-corrected chi connectivity index (χ2v) is 7.93. The molecule has 0 fully saturated rings. The van der Waals surface area contributed by atoms with Crippen LogP contribution >= 0.6 is 0 Å². The number of hydrogen-bond acceptors (Lipinski definition) is 4. The van der Waals surface area contributed by atoms with Crippen molar-refractivity contribution in [2.45, 2.75) is 72.3 Å². The van der Waals surface area contributed by atoms with Crippen LogP contribution in [0, 0.1) is 0 Å². The number of nitrogens with one attached hydrogen (secondary N) is 1. The van der Waals surface area contributed by atoms with Gasteiger partial charge in [0.1, 0.15) is 0 Å². The van der Waals surface area contributed by atoms with Gasteiger partial charge in [-0.3, -0.25) is 4.79 Å². The fourth-order valence-electron chi connectivity index (χ4n) is 1.80. The Balaban J connectivity index is 4.72. The summed E-state index contributed by atoms with van der Waals surface area (Å²) < 4.78 is 18.1. The van der Waals surface area contributed by atoms with E-state index in [1.165, 1.54) is 0 Å². The van der Waals surface area contributed by atoms with Crippen molar-refractivity contribution in [3.8, 4) is 0 Å². The van der Waals surface area contributed by atoms with E-state index in [1.807, 2.05) is 41.5 Å². The summed E-state index contributed by atoms with van der Waals surface area (Å²) in [5, 5.41) is 2.66. The van der Waals surface area contributed by atoms with E-state index < -0.39 is 8.80 Å². The lowest BCUT2D eigenvalue weighted by Gasteiger charge is -2.34. The molecule has 0 saturated carbocycles. The highest BCUT2D eigenvalue weighted by molar-refractivity contribution is 6.60. The molecule has 0 aliphatic heterocycles. The van der Waals surface area contributed by atoms with Crippen LogP contribution < -0.4 is 5.32 Å². The maximum atomic E-state index is 10.3. The van der Waals surface area contributed by atoms with Crippen LogP contribution in [-0.2, 0) is 18.1 Å². The Bertz CT molecular complexity index is 220. The first-order valence-electron chi connectivity index (χ1n) is 7.02. The number of carbonyl (C=O) groups is 1. The molecule has 5 nitrogen and oxygen atoms in total. The van der Waals surface area contributed by atoms with Gasteiger partial charge in [-0.25, -0.2) is 0 Å². The van der Waals surface area contributed by atoms with Crippen molar-refractivity contribution in [2.24, 2.45) is 0 Å². The first kappa shape index (κ1) is 18.6. The van der Waals surface area contributed by atoms with Crippen molar-refractivity contribution in [2.75, 3.05) is 6.54 Å². The third kappa shape index (κ3) is 9.15. The molecular weight excluding hydrogens is 262 g/mol. The highest BCUT2D eigenvalue weighted by atomic mass is 28.4. The molecule has 0 spiro atoms. The van der Waals surface area contributed by atoms with Gasteiger partial charge in [0.25, 0.3) is 0 Å². The molecule has 0 radical (unpaired) electrons. The maximum Gasteiger partial charge on any atom is 0.501 e. The zero-order valence-electron chi connectivity index (χ0n) is 13.1. The zero-order chi connectivity index (χ0) is 14.9. The fraction of sp³-hybridized carbons (Fsp3) is 0.923. The molecule has 0 bridgehead atoms. The lowest BCUT2D eigenvalue weighted by atomic mass is 10.5. The average molecular weight is 291 g/mol. The fourth-order valence-corrected chi connectivity index (χ4v) is 5.09. The van der Waals surface area contributed by atoms with Gasteiger partial charge in [-0.1, -0.05) is 0 Å². The van der Waals surface area contributed by atoms with Gasteiger partial charge in [0.05, 0.1) is 0 Å². The Morgan fingerprint density at radius 2 is 1.37 bits per heavy atom. The van der Waals surface area contributed by atoms with Gasteiger partial charge in [-0.05, 0) is 48.0 Å². The Kier molecular flexibility index (Phi) is 9.25. The molecule has 1 amide bonds. The van der Waals surface area contributed by atoms with Gasteiger partial charge in [0.2, 0.25) is 6.41 Å². The van der Waals surface area contributed by atoms with Gasteiger partial charge in [0.15, 0.2) is 0 Å². The molecule has 0 heterocycles. The standard InChI is InChI=1S/C13H29NO4Si/c1-11(2)16-19(17-12(3)4,18-13(5)6)9-7-8-14-10-15/h10-13H,7-9H2,1-6H3,(H,14,15). The number of carbonyl (C=O) groups excluding carboxylic acids is 1. The summed E-state index contributed by atoms with van der Waals surface area (Å²) in [6.07, 6.45) is 1.67. The summed E-state index contributed by atoms with van der Waals surface area (Å²) in [7, 11) is -2.69. The summed E-state index contributed by atoms with van der Waals surface area (Å²) in [5.41, 5.74) is 0. The lowest BCUT2D eigenvalue weighted by molar-refractivity contribution is -0.109. The van der Waals surface area contributed by atoms with E-state index >= 15 is 0 Å². The quantitative estimate of drug-likeness (QED) is 0.361. The van der Waals surface area contributed by atoms with Gasteiger partial charge >= 0.3 is 8.80 Å². The summed E-state index contributed by atoms with van der Waals surface area (Å²) in [6, 6.07) is 0.711. The third-order valence-electron chi connectivity index (χ3n) is 2.13. The lowest BCUT2D eigenvalue weighted by Crippen LogP contribution is -2.50. The molecule has 0 saturated heterocycles. The minimum Gasteiger partial charge on any atom is -0.371 e. The van der Waals surface area contributed by atoms with Crippen molar-refractivity contribution >= 4 is 15.2 Å². The number of rotatable bonds is 11. The second kappa shape index (κ2) is 9.47. The summed E-state index contributed by atoms with van der Waals surface area (Å²) in [6.45, 7) is 12.5. The average Bonchev–Trinajstić information content (AvgIpc) is 2.21. The Morgan fingerprint density at radius 3 is 1.68 bits per heavy atom. The smallest absolute Gasteiger partial charge is 0.371 e. The summed E-state index contributed by atoms with van der Waals surface area (Å²) in [5.74, 6) is 0. The maximum absolute atomic E-state index is 10.3. The van der Waals surface area contributed by atoms with E-state index in [-0.39, 0.29) is 18.3 Å². The predicted molar refractivity (Wildman–Crippen MR) is 77.9 cm³/mol. The van der Waals surface area contributed by atoms with E-state index in [4.69, 9.17) is 13.3 Å². The van der Waals surface area contributed by atoms with Crippen LogP contribution in [0.25, 0.3) is 0 Å². The van der Waals surface area contributed by atoms with Gasteiger partial charge < -0.3 is 18.6 Å². The van der Waals surface area contributed by atoms with Gasteiger partial charge in [-0.2, -0.15) is 0 Å². The predicted octanol–water partition coefficient (Wildman–Crippen LogP) is 2.34. The Morgan fingerprint density at radius 1 is 0.947 bits per heavy atom. The molecule has 0 aromatic carbocycles. The van der Waals surface area contributed by atoms with Crippen LogP contribution in [0.1, 0.15) is 48.0 Å². The number of amides is 1.